The van der Waals surface area contributed by atoms with Crippen LogP contribution >= 0.6 is 0 Å². The molecule has 2 heterocycles. The van der Waals surface area contributed by atoms with Gasteiger partial charge in [-0.1, -0.05) is 50.2 Å². The lowest BCUT2D eigenvalue weighted by atomic mass is 9.88. The Morgan fingerprint density at radius 2 is 1.68 bits per heavy atom. The van der Waals surface area contributed by atoms with Gasteiger partial charge in [0.15, 0.2) is 27.2 Å². The van der Waals surface area contributed by atoms with Gasteiger partial charge >= 0.3 is 0 Å². The van der Waals surface area contributed by atoms with E-state index in [2.05, 4.69) is 5.32 Å². The van der Waals surface area contributed by atoms with Crippen molar-refractivity contribution in [3.8, 4) is 17.2 Å². The highest BCUT2D eigenvalue weighted by atomic mass is 32.2. The number of benzene rings is 4. The number of nitrogens with zero attached hydrogens (tertiary/aromatic N) is 1. The van der Waals surface area contributed by atoms with Crippen LogP contribution < -0.4 is 19.7 Å². The molecule has 0 spiro atoms. The number of fused-ring (bicyclic) bond motifs is 1. The number of halogens is 3. The minimum atomic E-state index is -4.22. The van der Waals surface area contributed by atoms with Crippen LogP contribution in [0, 0.1) is 22.9 Å². The van der Waals surface area contributed by atoms with E-state index < -0.39 is 56.0 Å². The fraction of sp³-hybridized carbons (Fsp3) is 0.229. The van der Waals surface area contributed by atoms with E-state index in [1.165, 1.54) is 30.3 Å². The molecule has 2 aliphatic rings. The van der Waals surface area contributed by atoms with Gasteiger partial charge in [0.25, 0.3) is 5.91 Å². The molecule has 0 saturated heterocycles. The minimum absolute atomic E-state index is 0.0265. The molecule has 12 heteroatoms. The van der Waals surface area contributed by atoms with Crippen molar-refractivity contribution in [2.24, 2.45) is 5.41 Å². The molecular weight excluding hydrogens is 633 g/mol. The molecular formula is C35H31F3N2O6S. The molecule has 6 rings (SSSR count). The summed E-state index contributed by atoms with van der Waals surface area (Å²) < 4.78 is 85.0. The fourth-order valence-electron chi connectivity index (χ4n) is 6.19. The first kappa shape index (κ1) is 32.0. The number of phenols is 1. The Labute approximate surface area is 270 Å². The van der Waals surface area contributed by atoms with Gasteiger partial charge in [0.1, 0.15) is 35.7 Å². The zero-order chi connectivity index (χ0) is 33.7. The van der Waals surface area contributed by atoms with Crippen LogP contribution in [0.4, 0.5) is 24.5 Å². The molecule has 4 aromatic carbocycles. The average molecular weight is 665 g/mol. The number of nitrogens with one attached hydrogen (secondary N) is 1. The van der Waals surface area contributed by atoms with Gasteiger partial charge in [-0.3, -0.25) is 9.69 Å². The van der Waals surface area contributed by atoms with Crippen LogP contribution in [0.1, 0.15) is 47.8 Å². The smallest absolute Gasteiger partial charge is 0.259 e. The van der Waals surface area contributed by atoms with Crippen molar-refractivity contribution in [1.29, 1.82) is 0 Å². The zero-order valence-electron chi connectivity index (χ0n) is 25.7. The molecule has 2 aliphatic heterocycles. The first-order valence-corrected chi connectivity index (χ1v) is 16.3. The second-order valence-corrected chi connectivity index (χ2v) is 14.2. The first-order valence-electron chi connectivity index (χ1n) is 14.7. The number of allylic oxidation sites excluding steroid dienone is 1. The molecule has 1 atom stereocenters. The highest BCUT2D eigenvalue weighted by Gasteiger charge is 2.48. The van der Waals surface area contributed by atoms with Crippen LogP contribution in [0.3, 0.4) is 0 Å². The zero-order valence-corrected chi connectivity index (χ0v) is 26.5. The highest BCUT2D eigenvalue weighted by molar-refractivity contribution is 7.95. The number of rotatable bonds is 6. The van der Waals surface area contributed by atoms with E-state index in [0.717, 1.165) is 35.8 Å². The molecule has 1 unspecified atom stereocenters. The maximum absolute atomic E-state index is 16.3. The normalized spacial score (nSPS) is 18.0. The van der Waals surface area contributed by atoms with Crippen LogP contribution in [-0.4, -0.2) is 32.3 Å². The van der Waals surface area contributed by atoms with Crippen molar-refractivity contribution >= 4 is 27.1 Å². The number of anilines is 2. The number of hydrogen-bond donors (Lipinski definition) is 2. The van der Waals surface area contributed by atoms with Crippen molar-refractivity contribution in [2.45, 2.75) is 32.9 Å². The second kappa shape index (κ2) is 12.0. The molecule has 0 bridgehead atoms. The molecule has 47 heavy (non-hydrogen) atoms. The van der Waals surface area contributed by atoms with E-state index in [1.54, 1.807) is 13.8 Å². The number of aromatic hydroxyl groups is 1. The molecule has 0 aliphatic carbocycles. The van der Waals surface area contributed by atoms with Gasteiger partial charge in [-0.2, -0.15) is 0 Å². The Hall–Kier alpha value is -4.97. The molecule has 8 nitrogen and oxygen atoms in total. The monoisotopic (exact) mass is 664 g/mol. The largest absolute Gasteiger partial charge is 0.506 e. The van der Waals surface area contributed by atoms with E-state index in [1.807, 2.05) is 30.3 Å². The van der Waals surface area contributed by atoms with E-state index >= 15 is 4.39 Å². The lowest BCUT2D eigenvalue weighted by Gasteiger charge is -2.37. The first-order chi connectivity index (χ1) is 22.3. The molecule has 1 amide bonds. The van der Waals surface area contributed by atoms with Crippen LogP contribution in [-0.2, 0) is 16.4 Å². The van der Waals surface area contributed by atoms with Crippen LogP contribution in [0.5, 0.6) is 17.2 Å². The predicted molar refractivity (Wildman–Crippen MR) is 171 cm³/mol. The molecule has 0 aromatic heterocycles. The number of para-hydroxylation sites is 1. The van der Waals surface area contributed by atoms with Crippen molar-refractivity contribution < 1.29 is 41.0 Å². The molecule has 0 radical (unpaired) electrons. The SMILES string of the molecule is COc1c(F)cc(C(=O)N2c3cccc(O)c3NC3=C(C2c2ccc(OCc4ccccc4)cc2F)S(=O)(=O)CC(C)(C)C3)cc1F. The Morgan fingerprint density at radius 1 is 0.979 bits per heavy atom. The summed E-state index contributed by atoms with van der Waals surface area (Å²) in [5, 5.41) is 14.0. The summed E-state index contributed by atoms with van der Waals surface area (Å²) in [7, 11) is -3.15. The predicted octanol–water partition coefficient (Wildman–Crippen LogP) is 7.27. The summed E-state index contributed by atoms with van der Waals surface area (Å²) in [4.78, 5) is 15.1. The van der Waals surface area contributed by atoms with Gasteiger partial charge in [0.05, 0.1) is 23.5 Å². The Bertz CT molecular complexity index is 2010. The summed E-state index contributed by atoms with van der Waals surface area (Å²) in [6.45, 7) is 3.65. The molecule has 0 saturated carbocycles. The Balaban J connectivity index is 1.57. The van der Waals surface area contributed by atoms with Crippen molar-refractivity contribution in [2.75, 3.05) is 23.1 Å². The third kappa shape index (κ3) is 6.00. The number of phenolic OH excluding ortho intramolecular Hbond substituents is 1. The summed E-state index contributed by atoms with van der Waals surface area (Å²) in [5.74, 6) is -5.50. The van der Waals surface area contributed by atoms with E-state index in [0.29, 0.717) is 0 Å². The van der Waals surface area contributed by atoms with E-state index in [9.17, 15) is 27.1 Å². The molecule has 244 valence electrons. The third-order valence-corrected chi connectivity index (χ3v) is 10.4. The van der Waals surface area contributed by atoms with E-state index in [4.69, 9.17) is 9.47 Å². The Kier molecular flexibility index (Phi) is 8.17. The van der Waals surface area contributed by atoms with E-state index in [-0.39, 0.29) is 57.8 Å². The van der Waals surface area contributed by atoms with Gasteiger partial charge < -0.3 is 19.9 Å². The van der Waals surface area contributed by atoms with Crippen LogP contribution in [0.2, 0.25) is 0 Å². The minimum Gasteiger partial charge on any atom is -0.506 e. The van der Waals surface area contributed by atoms with Gasteiger partial charge in [-0.25, -0.2) is 21.6 Å². The maximum Gasteiger partial charge on any atom is 0.259 e. The average Bonchev–Trinajstić information content (AvgIpc) is 3.14. The van der Waals surface area contributed by atoms with Gasteiger partial charge in [-0.15, -0.1) is 0 Å². The number of hydrogen-bond acceptors (Lipinski definition) is 7. The topological polar surface area (TPSA) is 105 Å². The summed E-state index contributed by atoms with van der Waals surface area (Å²) in [6.07, 6.45) is 0.166. The number of carbonyl (C=O) groups is 1. The summed E-state index contributed by atoms with van der Waals surface area (Å²) >= 11 is 0. The number of methoxy groups -OCH3 is 1. The lowest BCUT2D eigenvalue weighted by molar-refractivity contribution is 0.0979. The van der Waals surface area contributed by atoms with Crippen molar-refractivity contribution in [3.63, 3.8) is 0 Å². The molecule has 4 aromatic rings. The number of sulfone groups is 1. The number of carbonyl (C=O) groups excluding carboxylic acids is 1. The summed E-state index contributed by atoms with van der Waals surface area (Å²) in [5.41, 5.74) is -0.557. The standard InChI is InChI=1S/C35H31F3N2O6S/c1-35(2)17-27-33(47(43,44)19-35)31(23-13-12-22(16-24(23)36)46-18-20-8-5-4-6-9-20)40(28-10-7-11-29(41)30(28)39-27)34(42)21-14-25(37)32(45-3)26(38)15-21/h4-16,31,39,41H,17-19H2,1-3H3. The summed E-state index contributed by atoms with van der Waals surface area (Å²) in [6, 6.07) is 17.1. The maximum atomic E-state index is 16.3. The van der Waals surface area contributed by atoms with Gasteiger partial charge in [0.2, 0.25) is 0 Å². The quantitative estimate of drug-likeness (QED) is 0.209. The second-order valence-electron chi connectivity index (χ2n) is 12.2. The number of amides is 1. The van der Waals surface area contributed by atoms with Crippen molar-refractivity contribution in [1.82, 2.24) is 0 Å². The van der Waals surface area contributed by atoms with Crippen molar-refractivity contribution in [3.05, 3.63) is 124 Å². The molecule has 0 fully saturated rings. The van der Waals surface area contributed by atoms with Crippen LogP contribution in [0.25, 0.3) is 0 Å². The highest BCUT2D eigenvalue weighted by Crippen LogP contribution is 2.52. The lowest BCUT2D eigenvalue weighted by Crippen LogP contribution is -2.41. The number of ether oxygens (including phenoxy) is 2. The molecule has 2 N–H and O–H groups in total. The fourth-order valence-corrected chi connectivity index (χ4v) is 8.54. The Morgan fingerprint density at radius 3 is 2.34 bits per heavy atom. The van der Waals surface area contributed by atoms with Crippen LogP contribution in [0.15, 0.2) is 89.5 Å². The van der Waals surface area contributed by atoms with Gasteiger partial charge in [-0.05, 0) is 53.8 Å². The third-order valence-electron chi connectivity index (χ3n) is 8.11. The van der Waals surface area contributed by atoms with Gasteiger partial charge in [0, 0.05) is 22.9 Å².